The van der Waals surface area contributed by atoms with E-state index in [4.69, 9.17) is 5.26 Å². The van der Waals surface area contributed by atoms with Crippen molar-refractivity contribution in [3.63, 3.8) is 0 Å². The average Bonchev–Trinajstić information content (AvgIpc) is 3.12. The predicted octanol–water partition coefficient (Wildman–Crippen LogP) is 3.70. The Morgan fingerprint density at radius 2 is 2.19 bits per heavy atom. The molecule has 0 spiro atoms. The standard InChI is InChI=1S/C20H21N5OS/c1-4-24(10-5-9-21)17-7-6-16(14(2)12-17)13-22-25-15(3)23-19-18(20(25)26)8-11-27-19/h6-8,11-13H,4-5,10H2,1-3H3/b22-13-. The van der Waals surface area contributed by atoms with Crippen molar-refractivity contribution < 1.29 is 0 Å². The number of nitrogens with zero attached hydrogens (tertiary/aromatic N) is 5. The largest absolute Gasteiger partial charge is 0.371 e. The lowest BCUT2D eigenvalue weighted by atomic mass is 10.1. The van der Waals surface area contributed by atoms with Crippen LogP contribution in [0.15, 0.2) is 39.5 Å². The fourth-order valence-corrected chi connectivity index (χ4v) is 3.72. The van der Waals surface area contributed by atoms with Gasteiger partial charge in [-0.2, -0.15) is 15.0 Å². The van der Waals surface area contributed by atoms with E-state index >= 15 is 0 Å². The van der Waals surface area contributed by atoms with Crippen molar-refractivity contribution in [1.29, 1.82) is 5.26 Å². The maximum Gasteiger partial charge on any atom is 0.282 e. The fraction of sp³-hybridized carbons (Fsp3) is 0.300. The van der Waals surface area contributed by atoms with Gasteiger partial charge in [0.05, 0.1) is 24.1 Å². The van der Waals surface area contributed by atoms with Gasteiger partial charge < -0.3 is 4.90 Å². The predicted molar refractivity (Wildman–Crippen MR) is 111 cm³/mol. The normalized spacial score (nSPS) is 11.2. The number of aryl methyl sites for hydroxylation is 2. The van der Waals surface area contributed by atoms with E-state index in [1.165, 1.54) is 16.0 Å². The van der Waals surface area contributed by atoms with E-state index in [1.807, 2.05) is 24.4 Å². The van der Waals surface area contributed by atoms with Gasteiger partial charge in [0, 0.05) is 18.8 Å². The summed E-state index contributed by atoms with van der Waals surface area (Å²) in [5.41, 5.74) is 2.92. The maximum atomic E-state index is 12.6. The Morgan fingerprint density at radius 1 is 1.37 bits per heavy atom. The zero-order valence-electron chi connectivity index (χ0n) is 15.6. The summed E-state index contributed by atoms with van der Waals surface area (Å²) < 4.78 is 1.34. The molecule has 0 unspecified atom stereocenters. The Morgan fingerprint density at radius 3 is 2.89 bits per heavy atom. The van der Waals surface area contributed by atoms with Gasteiger partial charge in [-0.1, -0.05) is 6.07 Å². The number of rotatable bonds is 6. The highest BCUT2D eigenvalue weighted by Gasteiger charge is 2.09. The molecular formula is C20H21N5OS. The van der Waals surface area contributed by atoms with Crippen LogP contribution in [0, 0.1) is 25.2 Å². The number of thiophene rings is 1. The lowest BCUT2D eigenvalue weighted by Crippen LogP contribution is -2.23. The smallest absolute Gasteiger partial charge is 0.282 e. The van der Waals surface area contributed by atoms with Gasteiger partial charge in [0.1, 0.15) is 10.7 Å². The zero-order chi connectivity index (χ0) is 19.4. The lowest BCUT2D eigenvalue weighted by Gasteiger charge is -2.22. The summed E-state index contributed by atoms with van der Waals surface area (Å²) in [4.78, 5) is 19.9. The van der Waals surface area contributed by atoms with Crippen LogP contribution < -0.4 is 10.5 Å². The minimum Gasteiger partial charge on any atom is -0.371 e. The average molecular weight is 379 g/mol. The van der Waals surface area contributed by atoms with Crippen LogP contribution >= 0.6 is 11.3 Å². The molecule has 0 N–H and O–H groups in total. The van der Waals surface area contributed by atoms with Crippen molar-refractivity contribution in [2.24, 2.45) is 5.10 Å². The molecule has 0 aliphatic carbocycles. The Hall–Kier alpha value is -2.98. The maximum absolute atomic E-state index is 12.6. The van der Waals surface area contributed by atoms with Crippen LogP contribution in [-0.2, 0) is 0 Å². The first-order chi connectivity index (χ1) is 13.0. The summed E-state index contributed by atoms with van der Waals surface area (Å²) in [6, 6.07) is 10.1. The van der Waals surface area contributed by atoms with Crippen LogP contribution in [0.5, 0.6) is 0 Å². The van der Waals surface area contributed by atoms with Crippen LogP contribution in [0.1, 0.15) is 30.3 Å². The number of nitriles is 1. The van der Waals surface area contributed by atoms with Crippen LogP contribution in [-0.4, -0.2) is 29.0 Å². The molecule has 0 saturated carbocycles. The van der Waals surface area contributed by atoms with Gasteiger partial charge in [0.25, 0.3) is 5.56 Å². The molecule has 2 aromatic heterocycles. The minimum atomic E-state index is -0.155. The SMILES string of the molecule is CCN(CCC#N)c1ccc(/C=N\n2c(C)nc3sccc3c2=O)c(C)c1. The van der Waals surface area contributed by atoms with E-state index < -0.39 is 0 Å². The molecule has 0 aliphatic rings. The van der Waals surface area contributed by atoms with Gasteiger partial charge in [-0.3, -0.25) is 4.79 Å². The van der Waals surface area contributed by atoms with E-state index in [2.05, 4.69) is 34.0 Å². The molecule has 2 heterocycles. The van der Waals surface area contributed by atoms with E-state index in [0.29, 0.717) is 24.2 Å². The fourth-order valence-electron chi connectivity index (χ4n) is 2.92. The Kier molecular flexibility index (Phi) is 5.67. The van der Waals surface area contributed by atoms with Crippen molar-refractivity contribution in [3.8, 4) is 6.07 Å². The van der Waals surface area contributed by atoms with Gasteiger partial charge in [-0.25, -0.2) is 4.98 Å². The second-order valence-electron chi connectivity index (χ2n) is 6.19. The first-order valence-electron chi connectivity index (χ1n) is 8.79. The number of fused-ring (bicyclic) bond motifs is 1. The van der Waals surface area contributed by atoms with Gasteiger partial charge in [-0.15, -0.1) is 11.3 Å². The molecule has 0 fully saturated rings. The van der Waals surface area contributed by atoms with E-state index in [0.717, 1.165) is 28.2 Å². The Balaban J connectivity index is 1.90. The van der Waals surface area contributed by atoms with Crippen LogP contribution in [0.4, 0.5) is 5.69 Å². The van der Waals surface area contributed by atoms with Crippen molar-refractivity contribution in [2.75, 3.05) is 18.0 Å². The van der Waals surface area contributed by atoms with Gasteiger partial charge in [0.15, 0.2) is 0 Å². The molecule has 0 saturated heterocycles. The molecule has 0 amide bonds. The monoisotopic (exact) mass is 379 g/mol. The third kappa shape index (κ3) is 3.91. The molecule has 27 heavy (non-hydrogen) atoms. The topological polar surface area (TPSA) is 74.3 Å². The number of benzene rings is 1. The Bertz CT molecular complexity index is 1090. The van der Waals surface area contributed by atoms with Gasteiger partial charge in [-0.05, 0) is 55.5 Å². The summed E-state index contributed by atoms with van der Waals surface area (Å²) in [6.45, 7) is 7.42. The highest BCUT2D eigenvalue weighted by atomic mass is 32.1. The number of aromatic nitrogens is 2. The molecule has 0 atom stereocenters. The van der Waals surface area contributed by atoms with Crippen molar-refractivity contribution in [3.05, 3.63) is 57.0 Å². The molecule has 0 aliphatic heterocycles. The summed E-state index contributed by atoms with van der Waals surface area (Å²) in [6.07, 6.45) is 2.19. The van der Waals surface area contributed by atoms with E-state index in [1.54, 1.807) is 19.2 Å². The molecule has 7 heteroatoms. The highest BCUT2D eigenvalue weighted by Crippen LogP contribution is 2.19. The van der Waals surface area contributed by atoms with Crippen LogP contribution in [0.25, 0.3) is 10.2 Å². The number of hydrogen-bond donors (Lipinski definition) is 0. The Labute approximate surface area is 162 Å². The summed E-state index contributed by atoms with van der Waals surface area (Å²) >= 11 is 1.45. The highest BCUT2D eigenvalue weighted by molar-refractivity contribution is 7.16. The third-order valence-corrected chi connectivity index (χ3v) is 5.25. The molecule has 138 valence electrons. The van der Waals surface area contributed by atoms with Crippen molar-refractivity contribution >= 4 is 33.5 Å². The minimum absolute atomic E-state index is 0.155. The zero-order valence-corrected chi connectivity index (χ0v) is 16.5. The summed E-state index contributed by atoms with van der Waals surface area (Å²) in [5.74, 6) is 0.564. The van der Waals surface area contributed by atoms with Crippen LogP contribution in [0.3, 0.4) is 0 Å². The first-order valence-corrected chi connectivity index (χ1v) is 9.67. The quantitative estimate of drug-likeness (QED) is 0.612. The third-order valence-electron chi connectivity index (χ3n) is 4.44. The molecule has 0 radical (unpaired) electrons. The van der Waals surface area contributed by atoms with Gasteiger partial charge in [0.2, 0.25) is 0 Å². The first kappa shape index (κ1) is 18.8. The molecule has 6 nitrogen and oxygen atoms in total. The second kappa shape index (κ2) is 8.14. The summed E-state index contributed by atoms with van der Waals surface area (Å²) in [7, 11) is 0. The van der Waals surface area contributed by atoms with E-state index in [-0.39, 0.29) is 5.56 Å². The number of anilines is 1. The van der Waals surface area contributed by atoms with Crippen molar-refractivity contribution in [2.45, 2.75) is 27.2 Å². The molecular weight excluding hydrogens is 358 g/mol. The molecule has 3 aromatic rings. The van der Waals surface area contributed by atoms with Crippen molar-refractivity contribution in [1.82, 2.24) is 9.66 Å². The van der Waals surface area contributed by atoms with E-state index in [9.17, 15) is 4.79 Å². The summed E-state index contributed by atoms with van der Waals surface area (Å²) in [5, 5.41) is 15.6. The molecule has 3 rings (SSSR count). The van der Waals surface area contributed by atoms with Crippen LogP contribution in [0.2, 0.25) is 0 Å². The molecule has 1 aromatic carbocycles. The lowest BCUT2D eigenvalue weighted by molar-refractivity contribution is 0.772. The second-order valence-corrected chi connectivity index (χ2v) is 7.08. The van der Waals surface area contributed by atoms with Gasteiger partial charge >= 0.3 is 0 Å². The molecule has 0 bridgehead atoms. The number of hydrogen-bond acceptors (Lipinski definition) is 6.